The van der Waals surface area contributed by atoms with Crippen LogP contribution in [-0.4, -0.2) is 83.3 Å². The summed E-state index contributed by atoms with van der Waals surface area (Å²) in [6, 6.07) is 2.29. The van der Waals surface area contributed by atoms with Crippen molar-refractivity contribution >= 4 is 30.0 Å². The van der Waals surface area contributed by atoms with E-state index >= 15 is 0 Å². The second-order valence-electron chi connectivity index (χ2n) is 14.8. The second-order valence-corrected chi connectivity index (χ2v) is 14.8. The molecule has 0 unspecified atom stereocenters. The molecular formula is C35H57N5O8. The highest BCUT2D eigenvalue weighted by Gasteiger charge is 2.56. The van der Waals surface area contributed by atoms with Crippen LogP contribution in [0.15, 0.2) is 17.1 Å². The number of carbonyl (C=O) groups excluding carboxylic acids is 3. The molecule has 0 spiro atoms. The van der Waals surface area contributed by atoms with Gasteiger partial charge in [0, 0.05) is 13.0 Å². The number of nitrogens with one attached hydrogen (secondary N) is 3. The van der Waals surface area contributed by atoms with E-state index in [-0.39, 0.29) is 24.3 Å². The van der Waals surface area contributed by atoms with E-state index in [2.05, 4.69) is 15.3 Å². The summed E-state index contributed by atoms with van der Waals surface area (Å²) < 4.78 is 23.6. The molecule has 13 nitrogen and oxygen atoms in total. The number of ether oxygens (including phenoxy) is 4. The zero-order valence-electron chi connectivity index (χ0n) is 29.7. The Morgan fingerprint density at radius 3 is 2.46 bits per heavy atom. The number of nitrogens with zero attached hydrogens (tertiary/aromatic N) is 1. The van der Waals surface area contributed by atoms with Crippen LogP contribution in [0.1, 0.15) is 118 Å². The molecule has 270 valence electrons. The molecule has 13 heteroatoms. The van der Waals surface area contributed by atoms with Gasteiger partial charge < -0.3 is 40.1 Å². The molecule has 0 radical (unpaired) electrons. The zero-order chi connectivity index (χ0) is 35.7. The monoisotopic (exact) mass is 675 g/mol. The molecule has 1 aliphatic carbocycles. The molecular weight excluding hydrogens is 618 g/mol. The van der Waals surface area contributed by atoms with Gasteiger partial charge >= 0.3 is 11.9 Å². The number of carbonyl (C=O) groups is 3. The van der Waals surface area contributed by atoms with Gasteiger partial charge in [-0.25, -0.2) is 4.99 Å². The number of aliphatic hydroxyl groups excluding tert-OH is 1. The highest BCUT2D eigenvalue weighted by molar-refractivity contribution is 6.10. The molecule has 0 bridgehead atoms. The molecule has 5 atom stereocenters. The molecule has 6 N–H and O–H groups in total. The van der Waals surface area contributed by atoms with Gasteiger partial charge in [-0.05, 0) is 63.5 Å². The smallest absolute Gasteiger partial charge is 0.323 e. The number of aromatic amines is 1. The predicted molar refractivity (Wildman–Crippen MR) is 182 cm³/mol. The number of amides is 1. The number of amidine groups is 1. The van der Waals surface area contributed by atoms with Crippen molar-refractivity contribution in [1.29, 1.82) is 5.41 Å². The summed E-state index contributed by atoms with van der Waals surface area (Å²) in [7, 11) is 0. The Labute approximate surface area is 284 Å². The number of hydrogen-bond donors (Lipinski definition) is 5. The van der Waals surface area contributed by atoms with Crippen molar-refractivity contribution < 1.29 is 38.4 Å². The Balaban J connectivity index is 1.83. The number of hydrogen-bond acceptors (Lipinski definition) is 10. The third-order valence-corrected chi connectivity index (χ3v) is 9.33. The van der Waals surface area contributed by atoms with Crippen LogP contribution in [0.2, 0.25) is 0 Å². The van der Waals surface area contributed by atoms with Crippen LogP contribution in [0, 0.1) is 16.7 Å². The van der Waals surface area contributed by atoms with Crippen molar-refractivity contribution in [3.63, 3.8) is 0 Å². The second kappa shape index (κ2) is 17.0. The molecule has 1 aromatic rings. The van der Waals surface area contributed by atoms with E-state index in [0.29, 0.717) is 24.4 Å². The van der Waals surface area contributed by atoms with E-state index in [1.165, 1.54) is 12.8 Å². The number of H-pyrrole nitrogens is 1. The minimum absolute atomic E-state index is 0.0626. The number of aliphatic imine (C=N–C) groups is 1. The van der Waals surface area contributed by atoms with E-state index in [0.717, 1.165) is 44.9 Å². The van der Waals surface area contributed by atoms with Crippen LogP contribution < -0.4 is 11.1 Å². The molecule has 2 fully saturated rings. The SMILES string of the molecule is CCCCOC(C)(C)C(=O)NC(=NC=N)c1ccc([C@]2(C)O[C@H](COC(=O)CC3CCCCCC3)[C@@H](OC(=O)[C@H](N)C(C)(C)C)[C@H]2O)[nH]1. The molecule has 1 aromatic heterocycles. The van der Waals surface area contributed by atoms with E-state index in [1.54, 1.807) is 32.9 Å². The fourth-order valence-electron chi connectivity index (χ4n) is 5.91. The summed E-state index contributed by atoms with van der Waals surface area (Å²) in [6.45, 7) is 12.6. The van der Waals surface area contributed by atoms with E-state index < -0.39 is 52.8 Å². The predicted octanol–water partition coefficient (Wildman–Crippen LogP) is 4.24. The van der Waals surface area contributed by atoms with Crippen molar-refractivity contribution in [3.8, 4) is 0 Å². The number of aliphatic hydroxyl groups is 1. The minimum atomic E-state index is -1.46. The fourth-order valence-corrected chi connectivity index (χ4v) is 5.91. The van der Waals surface area contributed by atoms with Gasteiger partial charge in [-0.3, -0.25) is 19.8 Å². The first-order valence-electron chi connectivity index (χ1n) is 17.2. The van der Waals surface area contributed by atoms with Crippen molar-refractivity contribution in [2.24, 2.45) is 22.1 Å². The van der Waals surface area contributed by atoms with E-state index in [9.17, 15) is 19.5 Å². The number of aromatic nitrogens is 1. The van der Waals surface area contributed by atoms with Gasteiger partial charge in [-0.2, -0.15) is 0 Å². The summed E-state index contributed by atoms with van der Waals surface area (Å²) in [5.41, 5.74) is 3.68. The Hall–Kier alpha value is -3.13. The summed E-state index contributed by atoms with van der Waals surface area (Å²) in [6.07, 6.45) is 5.74. The summed E-state index contributed by atoms with van der Waals surface area (Å²) in [4.78, 5) is 46.3. The summed E-state index contributed by atoms with van der Waals surface area (Å²) in [5, 5.41) is 22.0. The Bertz CT molecular complexity index is 1280. The largest absolute Gasteiger partial charge is 0.463 e. The third kappa shape index (κ3) is 10.2. The van der Waals surface area contributed by atoms with Gasteiger partial charge in [-0.15, -0.1) is 0 Å². The highest BCUT2D eigenvalue weighted by Crippen LogP contribution is 2.41. The fraction of sp³-hybridized carbons (Fsp3) is 0.743. The Morgan fingerprint density at radius 1 is 1.19 bits per heavy atom. The Kier molecular flexibility index (Phi) is 13.9. The first kappa shape index (κ1) is 39.3. The van der Waals surface area contributed by atoms with Gasteiger partial charge in [0.2, 0.25) is 0 Å². The zero-order valence-corrected chi connectivity index (χ0v) is 29.7. The lowest BCUT2D eigenvalue weighted by atomic mass is 9.87. The van der Waals surface area contributed by atoms with Gasteiger partial charge in [0.25, 0.3) is 5.91 Å². The molecule has 1 saturated heterocycles. The number of nitrogens with two attached hydrogens (primary N) is 1. The van der Waals surface area contributed by atoms with Crippen LogP contribution in [0.5, 0.6) is 0 Å². The highest BCUT2D eigenvalue weighted by atomic mass is 16.6. The van der Waals surface area contributed by atoms with Gasteiger partial charge in [0.05, 0.1) is 11.4 Å². The maximum atomic E-state index is 13.1. The van der Waals surface area contributed by atoms with Gasteiger partial charge in [0.15, 0.2) is 11.9 Å². The molecule has 48 heavy (non-hydrogen) atoms. The van der Waals surface area contributed by atoms with Crippen molar-refractivity contribution in [2.75, 3.05) is 13.2 Å². The lowest BCUT2D eigenvalue weighted by molar-refractivity contribution is -0.163. The summed E-state index contributed by atoms with van der Waals surface area (Å²) >= 11 is 0. The third-order valence-electron chi connectivity index (χ3n) is 9.33. The maximum Gasteiger partial charge on any atom is 0.323 e. The molecule has 3 rings (SSSR count). The molecule has 1 amide bonds. The van der Waals surface area contributed by atoms with Crippen LogP contribution in [-0.2, 0) is 38.9 Å². The van der Waals surface area contributed by atoms with Crippen molar-refractivity contribution in [3.05, 3.63) is 23.5 Å². The number of unbranched alkanes of at least 4 members (excludes halogenated alkanes) is 1. The van der Waals surface area contributed by atoms with Crippen LogP contribution >= 0.6 is 0 Å². The van der Waals surface area contributed by atoms with Gasteiger partial charge in [-0.1, -0.05) is 59.8 Å². The average molecular weight is 676 g/mol. The molecule has 1 saturated carbocycles. The minimum Gasteiger partial charge on any atom is -0.463 e. The molecule has 1 aliphatic heterocycles. The van der Waals surface area contributed by atoms with E-state index in [1.807, 2.05) is 27.7 Å². The van der Waals surface area contributed by atoms with Gasteiger partial charge in [0.1, 0.15) is 42.4 Å². The average Bonchev–Trinajstić information content (AvgIpc) is 3.50. The number of rotatable bonds is 14. The van der Waals surface area contributed by atoms with Crippen LogP contribution in [0.3, 0.4) is 0 Å². The van der Waals surface area contributed by atoms with Crippen LogP contribution in [0.4, 0.5) is 0 Å². The first-order chi connectivity index (χ1) is 22.5. The van der Waals surface area contributed by atoms with Crippen LogP contribution in [0.25, 0.3) is 0 Å². The first-order valence-corrected chi connectivity index (χ1v) is 17.2. The standard InChI is InChI=1S/C35H57N5O8/c1-8-9-18-46-34(5,6)32(44)40-30(38-21-36)23-16-17-25(39-23)35(7)29(42)27(47-31(43)28(37)33(2,3)4)24(48-35)20-45-26(41)19-22-14-12-10-11-13-15-22/h16-17,21-22,24,27-29,39,42H,8-15,18-20,37H2,1-7H3,(H2,36,38,40,44)/t24-,27-,28+,29-,35+/m1/s1. The molecule has 0 aromatic carbocycles. The summed E-state index contributed by atoms with van der Waals surface area (Å²) in [5.74, 6) is -1.20. The molecule has 2 heterocycles. The lowest BCUT2D eigenvalue weighted by Crippen LogP contribution is -2.49. The molecule has 2 aliphatic rings. The van der Waals surface area contributed by atoms with Crippen molar-refractivity contribution in [1.82, 2.24) is 10.3 Å². The normalized spacial score (nSPS) is 24.9. The Morgan fingerprint density at radius 2 is 1.85 bits per heavy atom. The maximum absolute atomic E-state index is 13.1. The number of esters is 2. The lowest BCUT2D eigenvalue weighted by Gasteiger charge is -2.29. The quantitative estimate of drug-likeness (QED) is 0.0629. The van der Waals surface area contributed by atoms with Crippen molar-refractivity contribution in [2.45, 2.75) is 142 Å². The topological polar surface area (TPSA) is 198 Å². The van der Waals surface area contributed by atoms with E-state index in [4.69, 9.17) is 30.1 Å².